The number of phosphoric acid groups is 5. The highest BCUT2D eigenvalue weighted by atomic mass is 32.7. The van der Waals surface area contributed by atoms with Crippen LogP contribution in [0.2, 0.25) is 0 Å². The molecule has 152 valence electrons. The zero-order chi connectivity index (χ0) is 20.5. The van der Waals surface area contributed by atoms with Gasteiger partial charge < -0.3 is 34.3 Å². The van der Waals surface area contributed by atoms with Crippen molar-refractivity contribution in [2.75, 3.05) is 0 Å². The second-order valence-corrected chi connectivity index (χ2v) is 13.8. The van der Waals surface area contributed by atoms with E-state index in [1.165, 1.54) is 0 Å². The molecule has 0 spiro atoms. The molecule has 0 rings (SSSR count). The van der Waals surface area contributed by atoms with E-state index in [1.54, 1.807) is 0 Å². The lowest BCUT2D eigenvalue weighted by molar-refractivity contribution is 0.189. The SMILES string of the molecule is O=P(O)(O)OP(=O)(O)OP(=O)(O)OP(=O)(O)OP(=O)(O)OP(=O)(O)S. The smallest absolute Gasteiger partial charge is 0.316 e. The highest BCUT2D eigenvalue weighted by molar-refractivity contribution is 8.44. The lowest BCUT2D eigenvalue weighted by Gasteiger charge is -2.19. The van der Waals surface area contributed by atoms with Gasteiger partial charge in [0.1, 0.15) is 0 Å². The molecule has 0 heterocycles. The van der Waals surface area contributed by atoms with Crippen LogP contribution >= 0.6 is 58.2 Å². The van der Waals surface area contributed by atoms with Crippen molar-refractivity contribution in [1.29, 1.82) is 0 Å². The van der Waals surface area contributed by atoms with Gasteiger partial charge in [0, 0.05) is 0 Å². The van der Waals surface area contributed by atoms with Crippen molar-refractivity contribution >= 4 is 58.2 Å². The Labute approximate surface area is 142 Å². The van der Waals surface area contributed by atoms with Crippen molar-refractivity contribution in [3.63, 3.8) is 0 Å². The maximum Gasteiger partial charge on any atom is 0.490 e. The van der Waals surface area contributed by atoms with Crippen LogP contribution < -0.4 is 0 Å². The Bertz CT molecular complexity index is 696. The number of thiol groups is 1. The van der Waals surface area contributed by atoms with Crippen LogP contribution in [-0.4, -0.2) is 34.3 Å². The average Bonchev–Trinajstić information content (AvgIpc) is 1.97. The van der Waals surface area contributed by atoms with Crippen LogP contribution in [-0.2, 0) is 48.9 Å². The molecule has 0 bridgehead atoms. The Morgan fingerprint density at radius 3 is 0.960 bits per heavy atom. The normalized spacial score (nSPS) is 25.0. The van der Waals surface area contributed by atoms with Crippen molar-refractivity contribution in [3.8, 4) is 0 Å². The minimum Gasteiger partial charge on any atom is -0.316 e. The van der Waals surface area contributed by atoms with E-state index in [0.717, 1.165) is 0 Å². The van der Waals surface area contributed by atoms with Crippen LogP contribution in [0.3, 0.4) is 0 Å². The van der Waals surface area contributed by atoms with E-state index in [4.69, 9.17) is 34.3 Å². The molecule has 0 aliphatic heterocycles. The Hall–Kier alpha value is 1.25. The van der Waals surface area contributed by atoms with E-state index in [0.29, 0.717) is 0 Å². The summed E-state index contributed by atoms with van der Waals surface area (Å²) < 4.78 is 81.5. The fourth-order valence-corrected chi connectivity index (χ4v) is 8.38. The fraction of sp³-hybridized carbons (Fsp3) is 0. The summed E-state index contributed by atoms with van der Waals surface area (Å²) in [6, 6.07) is 0. The average molecular weight is 514 g/mol. The molecule has 25 heavy (non-hydrogen) atoms. The highest BCUT2D eigenvalue weighted by Crippen LogP contribution is 2.75. The number of hydrogen-bond acceptors (Lipinski definition) is 11. The van der Waals surface area contributed by atoms with Crippen LogP contribution in [0, 0.1) is 0 Å². The quantitative estimate of drug-likeness (QED) is 0.146. The number of rotatable bonds is 10. The molecule has 0 fully saturated rings. The molecule has 18 nitrogen and oxygen atoms in total. The Kier molecular flexibility index (Phi) is 8.73. The van der Waals surface area contributed by atoms with E-state index < -0.39 is 45.9 Å². The summed E-state index contributed by atoms with van der Waals surface area (Å²) in [6.07, 6.45) is 0. The molecular weight excluding hydrogens is 506 g/mol. The van der Waals surface area contributed by atoms with Gasteiger partial charge in [-0.15, -0.1) is 0 Å². The van der Waals surface area contributed by atoms with Crippen molar-refractivity contribution in [2.24, 2.45) is 0 Å². The molecule has 0 aromatic heterocycles. The van der Waals surface area contributed by atoms with Crippen molar-refractivity contribution in [1.82, 2.24) is 0 Å². The van der Waals surface area contributed by atoms with E-state index in [2.05, 4.69) is 33.8 Å². The molecule has 5 atom stereocenters. The minimum absolute atomic E-state index is 2.76. The Morgan fingerprint density at radius 2 is 0.720 bits per heavy atom. The van der Waals surface area contributed by atoms with Crippen molar-refractivity contribution in [3.05, 3.63) is 0 Å². The van der Waals surface area contributed by atoms with Gasteiger partial charge in [-0.25, -0.2) is 27.4 Å². The van der Waals surface area contributed by atoms with Crippen LogP contribution in [0.1, 0.15) is 0 Å². The van der Waals surface area contributed by atoms with E-state index in [1.807, 2.05) is 0 Å². The fourth-order valence-electron chi connectivity index (χ4n) is 0.720. The van der Waals surface area contributed by atoms with E-state index in [-0.39, 0.29) is 0 Å². The maximum atomic E-state index is 11.2. The summed E-state index contributed by atoms with van der Waals surface area (Å²) >= 11 is 2.76. The van der Waals surface area contributed by atoms with Gasteiger partial charge in [-0.3, -0.25) is 0 Å². The van der Waals surface area contributed by atoms with Crippen molar-refractivity contribution < 1.29 is 83.2 Å². The lowest BCUT2D eigenvalue weighted by atomic mass is 15.7. The van der Waals surface area contributed by atoms with E-state index >= 15 is 0 Å². The highest BCUT2D eigenvalue weighted by Gasteiger charge is 2.48. The Balaban J connectivity index is 5.21. The van der Waals surface area contributed by atoms with Crippen LogP contribution in [0.25, 0.3) is 0 Å². The zero-order valence-electron chi connectivity index (χ0n) is 10.8. The van der Waals surface area contributed by atoms with Gasteiger partial charge in [0.25, 0.3) is 0 Å². The predicted octanol–water partition coefficient (Wildman–Crippen LogP) is 0.594. The standard InChI is InChI=1S/H8O18P6S/c1-19(2,3)14-20(4,5)15-21(6,7)16-22(8,9)17-23(10,11)18-24(12,13)25/h(H,4,5)(H,6,7)(H,8,9)(H,10,11)(H2,1,2,3)(H2,12,13,25). The lowest BCUT2D eigenvalue weighted by Crippen LogP contribution is -1.98. The van der Waals surface area contributed by atoms with Gasteiger partial charge in [0.15, 0.2) is 0 Å². The number of hydrogen-bond donors (Lipinski definition) is 8. The van der Waals surface area contributed by atoms with Gasteiger partial charge in [-0.2, -0.15) is 21.6 Å². The molecule has 0 aliphatic rings. The van der Waals surface area contributed by atoms with Crippen LogP contribution in [0.15, 0.2) is 0 Å². The molecule has 0 radical (unpaired) electrons. The molecule has 0 aromatic rings. The van der Waals surface area contributed by atoms with Crippen LogP contribution in [0.5, 0.6) is 0 Å². The largest absolute Gasteiger partial charge is 0.490 e. The summed E-state index contributed by atoms with van der Waals surface area (Å²) in [6.45, 7) is -5.07. The maximum absolute atomic E-state index is 11.2. The first-order valence-electron chi connectivity index (χ1n) is 4.52. The van der Waals surface area contributed by atoms with Gasteiger partial charge in [-0.1, -0.05) is 12.2 Å². The first-order valence-corrected chi connectivity index (χ1v) is 14.8. The minimum atomic E-state index is -6.22. The zero-order valence-corrected chi connectivity index (χ0v) is 17.0. The van der Waals surface area contributed by atoms with Gasteiger partial charge in [0.2, 0.25) is 0 Å². The molecule has 0 saturated carbocycles. The first kappa shape index (κ1) is 26.2. The molecule has 0 saturated heterocycles. The molecule has 25 heteroatoms. The van der Waals surface area contributed by atoms with Gasteiger partial charge in [0.05, 0.1) is 0 Å². The van der Waals surface area contributed by atoms with Gasteiger partial charge >= 0.3 is 45.9 Å². The van der Waals surface area contributed by atoms with E-state index in [9.17, 15) is 27.4 Å². The summed E-state index contributed by atoms with van der Waals surface area (Å²) in [5.41, 5.74) is 0. The third kappa shape index (κ3) is 14.0. The first-order chi connectivity index (χ1) is 10.5. The predicted molar refractivity (Wildman–Crippen MR) is 75.6 cm³/mol. The van der Waals surface area contributed by atoms with Crippen LogP contribution in [0.4, 0.5) is 0 Å². The summed E-state index contributed by atoms with van der Waals surface area (Å²) in [4.78, 5) is 60.4. The molecular formula is H8O18P6S. The second-order valence-electron chi connectivity index (χ2n) is 3.26. The summed E-state index contributed by atoms with van der Waals surface area (Å²) in [5, 5.41) is 0. The topological polar surface area (TPSA) is 290 Å². The molecule has 0 aliphatic carbocycles. The third-order valence-electron chi connectivity index (χ3n) is 1.04. The third-order valence-corrected chi connectivity index (χ3v) is 10.0. The monoisotopic (exact) mass is 514 g/mol. The molecule has 0 amide bonds. The molecule has 7 N–H and O–H groups in total. The summed E-state index contributed by atoms with van der Waals surface area (Å²) in [7, 11) is -30.1. The second kappa shape index (κ2) is 8.32. The summed E-state index contributed by atoms with van der Waals surface area (Å²) in [5.74, 6) is 0. The molecule has 5 unspecified atom stereocenters. The Morgan fingerprint density at radius 1 is 0.480 bits per heavy atom. The van der Waals surface area contributed by atoms with Crippen molar-refractivity contribution in [2.45, 2.75) is 0 Å². The van der Waals surface area contributed by atoms with Gasteiger partial charge in [-0.05, 0) is 0 Å². The molecule has 0 aromatic carbocycles.